The fourth-order valence-electron chi connectivity index (χ4n) is 3.42. The molecule has 10 heteroatoms. The maximum Gasteiger partial charge on any atom is 0.244 e. The summed E-state index contributed by atoms with van der Waals surface area (Å²) < 4.78 is 26.5. The highest BCUT2D eigenvalue weighted by Gasteiger charge is 2.30. The van der Waals surface area contributed by atoms with Crippen LogP contribution < -0.4 is 9.62 Å². The van der Waals surface area contributed by atoms with Crippen molar-refractivity contribution in [2.24, 2.45) is 0 Å². The monoisotopic (exact) mass is 513 g/mol. The Hall–Kier alpha value is -2.29. The number of benzene rings is 2. The molecule has 1 atom stereocenters. The fraction of sp³-hybridized carbons (Fsp3) is 0.391. The summed E-state index contributed by atoms with van der Waals surface area (Å²) in [4.78, 5) is 27.2. The van der Waals surface area contributed by atoms with E-state index in [-0.39, 0.29) is 18.4 Å². The Morgan fingerprint density at radius 3 is 2.21 bits per heavy atom. The third kappa shape index (κ3) is 6.85. The number of likely N-dealkylation sites (N-methyl/N-ethyl adjacent to an activating group) is 1. The second kappa shape index (κ2) is 11.2. The largest absolute Gasteiger partial charge is 0.357 e. The summed E-state index contributed by atoms with van der Waals surface area (Å²) in [6, 6.07) is 11.1. The van der Waals surface area contributed by atoms with E-state index in [4.69, 9.17) is 23.2 Å². The van der Waals surface area contributed by atoms with E-state index < -0.39 is 28.5 Å². The zero-order valence-electron chi connectivity index (χ0n) is 19.3. The molecule has 2 aromatic rings. The molecule has 1 N–H and O–H groups in total. The topological polar surface area (TPSA) is 86.8 Å². The van der Waals surface area contributed by atoms with Crippen molar-refractivity contribution in [2.75, 3.05) is 24.2 Å². The first-order valence-electron chi connectivity index (χ1n) is 10.4. The van der Waals surface area contributed by atoms with Crippen LogP contribution in [-0.2, 0) is 26.2 Å². The lowest BCUT2D eigenvalue weighted by Gasteiger charge is -2.32. The van der Waals surface area contributed by atoms with Gasteiger partial charge in [0.1, 0.15) is 12.6 Å². The highest BCUT2D eigenvalue weighted by Crippen LogP contribution is 2.29. The lowest BCUT2D eigenvalue weighted by molar-refractivity contribution is -0.139. The van der Waals surface area contributed by atoms with Crippen LogP contribution in [0.4, 0.5) is 5.69 Å². The molecular weight excluding hydrogens is 485 g/mol. The SMILES string of the molecule is CNC(=O)[C@H](C)N(Cc1ccc(Cl)c(Cl)c1)C(=O)CN(c1ccccc1C(C)C)S(C)(=O)=O. The number of hydrogen-bond donors (Lipinski definition) is 1. The van der Waals surface area contributed by atoms with Crippen molar-refractivity contribution in [3.63, 3.8) is 0 Å². The maximum absolute atomic E-state index is 13.5. The molecule has 33 heavy (non-hydrogen) atoms. The van der Waals surface area contributed by atoms with E-state index in [0.717, 1.165) is 16.1 Å². The van der Waals surface area contributed by atoms with E-state index in [0.29, 0.717) is 21.3 Å². The summed E-state index contributed by atoms with van der Waals surface area (Å²) in [6.07, 6.45) is 1.06. The molecule has 0 spiro atoms. The first-order chi connectivity index (χ1) is 15.4. The molecule has 0 aliphatic rings. The zero-order chi connectivity index (χ0) is 24.9. The number of anilines is 1. The van der Waals surface area contributed by atoms with Gasteiger partial charge in [-0.3, -0.25) is 13.9 Å². The number of rotatable bonds is 9. The molecule has 0 saturated heterocycles. The van der Waals surface area contributed by atoms with E-state index >= 15 is 0 Å². The Morgan fingerprint density at radius 1 is 1.03 bits per heavy atom. The average molecular weight is 514 g/mol. The van der Waals surface area contributed by atoms with Crippen LogP contribution in [0.15, 0.2) is 42.5 Å². The Labute approximate surface area is 205 Å². The number of halogens is 2. The maximum atomic E-state index is 13.5. The lowest BCUT2D eigenvalue weighted by Crippen LogP contribution is -2.50. The Bertz CT molecular complexity index is 1120. The molecule has 2 aromatic carbocycles. The third-order valence-corrected chi connectivity index (χ3v) is 7.12. The molecule has 0 radical (unpaired) electrons. The van der Waals surface area contributed by atoms with E-state index in [1.165, 1.54) is 11.9 Å². The van der Waals surface area contributed by atoms with Crippen molar-refractivity contribution < 1.29 is 18.0 Å². The van der Waals surface area contributed by atoms with Crippen LogP contribution in [0, 0.1) is 0 Å². The summed E-state index contributed by atoms with van der Waals surface area (Å²) in [5, 5.41) is 3.22. The van der Waals surface area contributed by atoms with Crippen molar-refractivity contribution in [3.8, 4) is 0 Å². The van der Waals surface area contributed by atoms with Gasteiger partial charge in [0, 0.05) is 13.6 Å². The molecule has 2 amide bonds. The van der Waals surface area contributed by atoms with Gasteiger partial charge in [-0.2, -0.15) is 0 Å². The molecule has 180 valence electrons. The molecule has 0 aliphatic carbocycles. The van der Waals surface area contributed by atoms with Crippen molar-refractivity contribution in [1.29, 1.82) is 0 Å². The number of carbonyl (C=O) groups excluding carboxylic acids is 2. The predicted octanol–water partition coefficient (Wildman–Crippen LogP) is 4.05. The number of nitrogens with zero attached hydrogens (tertiary/aromatic N) is 2. The number of amides is 2. The first-order valence-corrected chi connectivity index (χ1v) is 13.0. The summed E-state index contributed by atoms with van der Waals surface area (Å²) in [5.74, 6) is -0.865. The van der Waals surface area contributed by atoms with Crippen LogP contribution >= 0.6 is 23.2 Å². The highest BCUT2D eigenvalue weighted by atomic mass is 35.5. The van der Waals surface area contributed by atoms with Gasteiger partial charge < -0.3 is 10.2 Å². The van der Waals surface area contributed by atoms with Gasteiger partial charge in [-0.1, -0.05) is 61.3 Å². The van der Waals surface area contributed by atoms with Gasteiger partial charge in [-0.05, 0) is 42.2 Å². The first kappa shape index (κ1) is 27.0. The quantitative estimate of drug-likeness (QED) is 0.547. The smallest absolute Gasteiger partial charge is 0.244 e. The molecule has 0 aliphatic heterocycles. The van der Waals surface area contributed by atoms with Gasteiger partial charge in [0.2, 0.25) is 21.8 Å². The molecule has 0 aromatic heterocycles. The van der Waals surface area contributed by atoms with Gasteiger partial charge in [-0.25, -0.2) is 8.42 Å². The van der Waals surface area contributed by atoms with Gasteiger partial charge in [0.25, 0.3) is 0 Å². The molecule has 2 rings (SSSR count). The van der Waals surface area contributed by atoms with Gasteiger partial charge in [0.15, 0.2) is 0 Å². The van der Waals surface area contributed by atoms with Gasteiger partial charge in [-0.15, -0.1) is 0 Å². The van der Waals surface area contributed by atoms with Crippen molar-refractivity contribution in [2.45, 2.75) is 39.3 Å². The van der Waals surface area contributed by atoms with Crippen LogP contribution in [0.2, 0.25) is 10.0 Å². The van der Waals surface area contributed by atoms with E-state index in [1.54, 1.807) is 37.3 Å². The van der Waals surface area contributed by atoms with Crippen LogP contribution in [0.1, 0.15) is 37.8 Å². The van der Waals surface area contributed by atoms with Crippen LogP contribution in [0.25, 0.3) is 0 Å². The van der Waals surface area contributed by atoms with E-state index in [2.05, 4.69) is 5.32 Å². The Morgan fingerprint density at radius 2 is 1.67 bits per heavy atom. The van der Waals surface area contributed by atoms with Gasteiger partial charge in [0.05, 0.1) is 22.0 Å². The minimum absolute atomic E-state index is 0.0395. The van der Waals surface area contributed by atoms with Crippen molar-refractivity contribution >= 4 is 50.7 Å². The zero-order valence-corrected chi connectivity index (χ0v) is 21.6. The number of hydrogen-bond acceptors (Lipinski definition) is 4. The normalized spacial score (nSPS) is 12.4. The van der Waals surface area contributed by atoms with E-state index in [1.807, 2.05) is 26.0 Å². The minimum atomic E-state index is -3.79. The third-order valence-electron chi connectivity index (χ3n) is 5.26. The predicted molar refractivity (Wildman–Crippen MR) is 133 cm³/mol. The molecule has 0 bridgehead atoms. The number of carbonyl (C=O) groups is 2. The molecular formula is C23H29Cl2N3O4S. The van der Waals surface area contributed by atoms with Crippen LogP contribution in [0.3, 0.4) is 0 Å². The standard InChI is InChI=1S/C23H29Cl2N3O4S/c1-15(2)18-8-6-7-9-21(18)28(33(5,31)32)14-22(29)27(16(3)23(30)26-4)13-17-10-11-19(24)20(25)12-17/h6-12,15-16H,13-14H2,1-5H3,(H,26,30)/t16-/m0/s1. The van der Waals surface area contributed by atoms with E-state index in [9.17, 15) is 18.0 Å². The summed E-state index contributed by atoms with van der Waals surface area (Å²) >= 11 is 12.1. The van der Waals surface area contributed by atoms with Crippen LogP contribution in [0.5, 0.6) is 0 Å². The van der Waals surface area contributed by atoms with Crippen LogP contribution in [-0.4, -0.2) is 51.0 Å². The van der Waals surface area contributed by atoms with Gasteiger partial charge >= 0.3 is 0 Å². The number of nitrogens with one attached hydrogen (secondary N) is 1. The second-order valence-electron chi connectivity index (χ2n) is 8.04. The molecule has 0 heterocycles. The van der Waals surface area contributed by atoms with Crippen molar-refractivity contribution in [3.05, 3.63) is 63.6 Å². The Kier molecular flexibility index (Phi) is 9.17. The highest BCUT2D eigenvalue weighted by molar-refractivity contribution is 7.92. The fourth-order valence-corrected chi connectivity index (χ4v) is 4.61. The Balaban J connectivity index is 2.46. The molecule has 0 fully saturated rings. The molecule has 0 saturated carbocycles. The molecule has 0 unspecified atom stereocenters. The number of para-hydroxylation sites is 1. The minimum Gasteiger partial charge on any atom is -0.357 e. The lowest BCUT2D eigenvalue weighted by atomic mass is 10.0. The second-order valence-corrected chi connectivity index (χ2v) is 10.8. The summed E-state index contributed by atoms with van der Waals surface area (Å²) in [6.45, 7) is 5.08. The average Bonchev–Trinajstić information content (AvgIpc) is 2.76. The molecule has 7 nitrogen and oxygen atoms in total. The summed E-state index contributed by atoms with van der Waals surface area (Å²) in [7, 11) is -2.32. The van der Waals surface area contributed by atoms with Crippen molar-refractivity contribution in [1.82, 2.24) is 10.2 Å². The summed E-state index contributed by atoms with van der Waals surface area (Å²) in [5.41, 5.74) is 1.89. The number of sulfonamides is 1.